The lowest BCUT2D eigenvalue weighted by molar-refractivity contribution is -0.137. The summed E-state index contributed by atoms with van der Waals surface area (Å²) >= 11 is 0. The number of fused-ring (bicyclic) bond motifs is 1. The van der Waals surface area contributed by atoms with E-state index in [0.717, 1.165) is 23.4 Å². The van der Waals surface area contributed by atoms with Gasteiger partial charge in [0.25, 0.3) is 0 Å². The quantitative estimate of drug-likeness (QED) is 0.546. The zero-order chi connectivity index (χ0) is 28.3. The van der Waals surface area contributed by atoms with E-state index >= 15 is 0 Å². The number of alkyl carbamates (subject to hydrolysis) is 1. The fourth-order valence-corrected chi connectivity index (χ4v) is 4.33. The van der Waals surface area contributed by atoms with Crippen LogP contribution in [0.4, 0.5) is 23.7 Å². The highest BCUT2D eigenvalue weighted by Crippen LogP contribution is 2.30. The monoisotopic (exact) mass is 533 g/mol. The molecule has 10 heteroatoms. The van der Waals surface area contributed by atoms with Crippen molar-refractivity contribution in [1.82, 2.24) is 10.6 Å². The van der Waals surface area contributed by atoms with Gasteiger partial charge in [0.1, 0.15) is 17.7 Å². The highest BCUT2D eigenvalue weighted by atomic mass is 19.4. The van der Waals surface area contributed by atoms with E-state index in [2.05, 4.69) is 10.6 Å². The van der Waals surface area contributed by atoms with Gasteiger partial charge in [-0.25, -0.2) is 4.79 Å². The molecule has 0 bridgehead atoms. The molecule has 2 aromatic rings. The fraction of sp³-hybridized carbons (Fsp3) is 0.464. The zero-order valence-corrected chi connectivity index (χ0v) is 22.2. The molecule has 0 saturated carbocycles. The lowest BCUT2D eigenvalue weighted by atomic mass is 10.0. The second-order valence-corrected chi connectivity index (χ2v) is 10.6. The third-order valence-corrected chi connectivity index (χ3v) is 6.05. The number of carbonyl (C=O) groups excluding carboxylic acids is 3. The third kappa shape index (κ3) is 7.49. The summed E-state index contributed by atoms with van der Waals surface area (Å²) in [5.74, 6) is -0.910. The first kappa shape index (κ1) is 29.0. The van der Waals surface area contributed by atoms with Gasteiger partial charge in [-0.05, 0) is 76.8 Å². The second kappa shape index (κ2) is 11.4. The Balaban J connectivity index is 1.83. The Bertz CT molecular complexity index is 1160. The van der Waals surface area contributed by atoms with Crippen LogP contribution in [0.3, 0.4) is 0 Å². The number of rotatable bonds is 6. The average Bonchev–Trinajstić information content (AvgIpc) is 2.93. The van der Waals surface area contributed by atoms with E-state index in [0.29, 0.717) is 18.4 Å². The topological polar surface area (TPSA) is 87.7 Å². The predicted molar refractivity (Wildman–Crippen MR) is 138 cm³/mol. The maximum Gasteiger partial charge on any atom is 0.416 e. The van der Waals surface area contributed by atoms with Gasteiger partial charge in [-0.3, -0.25) is 9.59 Å². The number of nitrogens with one attached hydrogen (secondary N) is 2. The Kier molecular flexibility index (Phi) is 8.74. The Morgan fingerprint density at radius 3 is 2.26 bits per heavy atom. The summed E-state index contributed by atoms with van der Waals surface area (Å²) in [5.41, 5.74) is 0.523. The minimum absolute atomic E-state index is 0.0990. The van der Waals surface area contributed by atoms with Gasteiger partial charge in [-0.1, -0.05) is 30.3 Å². The smallest absolute Gasteiger partial charge is 0.416 e. The van der Waals surface area contributed by atoms with Gasteiger partial charge in [0.05, 0.1) is 5.56 Å². The van der Waals surface area contributed by atoms with Gasteiger partial charge in [0, 0.05) is 18.2 Å². The molecule has 3 rings (SSSR count). The van der Waals surface area contributed by atoms with Crippen molar-refractivity contribution in [2.24, 2.45) is 0 Å². The summed E-state index contributed by atoms with van der Waals surface area (Å²) in [7, 11) is 0. The number of alkyl halides is 3. The van der Waals surface area contributed by atoms with E-state index in [-0.39, 0.29) is 18.4 Å². The fourth-order valence-electron chi connectivity index (χ4n) is 4.33. The number of nitrogens with zero attached hydrogens (tertiary/aromatic N) is 1. The summed E-state index contributed by atoms with van der Waals surface area (Å²) in [6, 6.07) is 9.71. The molecule has 0 aromatic heterocycles. The van der Waals surface area contributed by atoms with Gasteiger partial charge in [0.2, 0.25) is 11.8 Å². The van der Waals surface area contributed by atoms with Crippen molar-refractivity contribution in [3.05, 3.63) is 65.2 Å². The first-order valence-corrected chi connectivity index (χ1v) is 12.5. The van der Waals surface area contributed by atoms with Crippen LogP contribution >= 0.6 is 0 Å². The Morgan fingerprint density at radius 1 is 1.05 bits per heavy atom. The van der Waals surface area contributed by atoms with Gasteiger partial charge in [-0.15, -0.1) is 0 Å². The highest BCUT2D eigenvalue weighted by Gasteiger charge is 2.35. The molecule has 38 heavy (non-hydrogen) atoms. The van der Waals surface area contributed by atoms with Crippen LogP contribution < -0.4 is 15.5 Å². The number of benzene rings is 2. The highest BCUT2D eigenvalue weighted by molar-refractivity contribution is 6.01. The number of anilines is 1. The molecule has 0 spiro atoms. The first-order valence-electron chi connectivity index (χ1n) is 12.5. The number of ether oxygens (including phenoxy) is 1. The van der Waals surface area contributed by atoms with Crippen LogP contribution in [0.2, 0.25) is 0 Å². The molecule has 2 aromatic carbocycles. The summed E-state index contributed by atoms with van der Waals surface area (Å²) in [6.07, 6.45) is -4.54. The molecule has 0 fully saturated rings. The van der Waals surface area contributed by atoms with Gasteiger partial charge >= 0.3 is 12.3 Å². The van der Waals surface area contributed by atoms with Crippen LogP contribution in [-0.4, -0.2) is 41.6 Å². The number of carbonyl (C=O) groups is 3. The van der Waals surface area contributed by atoms with E-state index in [1.54, 1.807) is 25.7 Å². The van der Waals surface area contributed by atoms with E-state index in [9.17, 15) is 27.6 Å². The van der Waals surface area contributed by atoms with Gasteiger partial charge < -0.3 is 20.3 Å². The van der Waals surface area contributed by atoms with Crippen molar-refractivity contribution in [1.29, 1.82) is 0 Å². The predicted octanol–water partition coefficient (Wildman–Crippen LogP) is 5.01. The molecule has 2 N–H and O–H groups in total. The molecule has 206 valence electrons. The standard InChI is InChI=1S/C28H34F3N3O4/c1-17(2)34-23-9-7-6-8-19(23)12-15-21(25(34)36)32-24(35)22(33-26(37)38-27(3,4)5)16-18-10-13-20(14-11-18)28(29,30)31/h6-11,13-14,17,21-22H,12,15-16H2,1-5H3,(H,32,35)(H,33,37). The maximum atomic E-state index is 13.5. The molecule has 3 amide bonds. The van der Waals surface area contributed by atoms with E-state index < -0.39 is 41.4 Å². The third-order valence-electron chi connectivity index (χ3n) is 6.05. The molecule has 0 saturated heterocycles. The van der Waals surface area contributed by atoms with Crippen LogP contribution in [0.25, 0.3) is 0 Å². The summed E-state index contributed by atoms with van der Waals surface area (Å²) < 4.78 is 44.2. The number of hydrogen-bond donors (Lipinski definition) is 2. The van der Waals surface area contributed by atoms with E-state index in [4.69, 9.17) is 4.74 Å². The Morgan fingerprint density at radius 2 is 1.68 bits per heavy atom. The number of para-hydroxylation sites is 1. The van der Waals surface area contributed by atoms with Crippen LogP contribution in [0, 0.1) is 0 Å². The summed E-state index contributed by atoms with van der Waals surface area (Å²) in [6.45, 7) is 8.77. The van der Waals surface area contributed by atoms with Crippen molar-refractivity contribution in [3.8, 4) is 0 Å². The first-order chi connectivity index (χ1) is 17.7. The molecule has 2 unspecified atom stereocenters. The molecule has 0 aliphatic carbocycles. The van der Waals surface area contributed by atoms with Crippen LogP contribution in [0.15, 0.2) is 48.5 Å². The molecule has 1 aliphatic rings. The normalized spacial score (nSPS) is 16.9. The summed E-state index contributed by atoms with van der Waals surface area (Å²) in [5, 5.41) is 5.29. The lowest BCUT2D eigenvalue weighted by Crippen LogP contribution is -2.56. The largest absolute Gasteiger partial charge is 0.444 e. The summed E-state index contributed by atoms with van der Waals surface area (Å²) in [4.78, 5) is 41.1. The van der Waals surface area contributed by atoms with Crippen LogP contribution in [-0.2, 0) is 33.3 Å². The molecule has 1 aliphatic heterocycles. The molecular weight excluding hydrogens is 499 g/mol. The molecule has 7 nitrogen and oxygen atoms in total. The van der Waals surface area contributed by atoms with E-state index in [1.165, 1.54) is 12.1 Å². The Hall–Kier alpha value is -3.56. The number of halogens is 3. The maximum absolute atomic E-state index is 13.5. The number of aryl methyl sites for hydroxylation is 1. The number of amides is 3. The molecule has 1 heterocycles. The van der Waals surface area contributed by atoms with Crippen molar-refractivity contribution >= 4 is 23.6 Å². The van der Waals surface area contributed by atoms with Crippen molar-refractivity contribution < 1.29 is 32.3 Å². The SMILES string of the molecule is CC(C)N1C(=O)C(NC(=O)C(Cc2ccc(C(F)(F)F)cc2)NC(=O)OC(C)(C)C)CCc2ccccc21. The van der Waals surface area contributed by atoms with Crippen LogP contribution in [0.1, 0.15) is 57.7 Å². The number of hydrogen-bond acceptors (Lipinski definition) is 4. The molecule has 0 radical (unpaired) electrons. The lowest BCUT2D eigenvalue weighted by Gasteiger charge is -2.30. The van der Waals surface area contributed by atoms with Gasteiger partial charge in [-0.2, -0.15) is 13.2 Å². The minimum Gasteiger partial charge on any atom is -0.444 e. The van der Waals surface area contributed by atoms with Crippen molar-refractivity contribution in [2.75, 3.05) is 4.90 Å². The molecular formula is C28H34F3N3O4. The van der Waals surface area contributed by atoms with Crippen LogP contribution in [0.5, 0.6) is 0 Å². The van der Waals surface area contributed by atoms with Crippen molar-refractivity contribution in [2.45, 2.75) is 83.8 Å². The Labute approximate surface area is 220 Å². The van der Waals surface area contributed by atoms with E-state index in [1.807, 2.05) is 38.1 Å². The zero-order valence-electron chi connectivity index (χ0n) is 22.2. The second-order valence-electron chi connectivity index (χ2n) is 10.6. The van der Waals surface area contributed by atoms with Gasteiger partial charge in [0.15, 0.2) is 0 Å². The van der Waals surface area contributed by atoms with Crippen molar-refractivity contribution in [3.63, 3.8) is 0 Å². The molecule has 2 atom stereocenters. The minimum atomic E-state index is -4.50. The average molecular weight is 534 g/mol.